The van der Waals surface area contributed by atoms with E-state index < -0.39 is 36.1 Å². The first-order valence-corrected chi connectivity index (χ1v) is 12.7. The number of amides is 3. The molecule has 1 heterocycles. The monoisotopic (exact) mass is 594 g/mol. The normalized spacial score (nSPS) is 24.5. The lowest BCUT2D eigenvalue weighted by Gasteiger charge is -2.30. The molecule has 0 unspecified atom stereocenters. The van der Waals surface area contributed by atoms with Crippen molar-refractivity contribution in [3.63, 3.8) is 0 Å². The van der Waals surface area contributed by atoms with Gasteiger partial charge in [0.2, 0.25) is 0 Å². The molecule has 3 amide bonds. The van der Waals surface area contributed by atoms with Crippen LogP contribution in [0.15, 0.2) is 48.5 Å². The van der Waals surface area contributed by atoms with Crippen LogP contribution in [-0.2, 0) is 9.59 Å². The number of nitrogens with zero attached hydrogens (tertiary/aromatic N) is 2. The Morgan fingerprint density at radius 3 is 2.06 bits per heavy atom. The maximum Gasteiger partial charge on any atom is 0.274 e. The second kappa shape index (κ2) is 9.68. The Morgan fingerprint density at radius 2 is 1.52 bits per heavy atom. The number of hydrogen-bond donors (Lipinski definition) is 0. The van der Waals surface area contributed by atoms with Gasteiger partial charge in [-0.3, -0.25) is 19.2 Å². The van der Waals surface area contributed by atoms with Crippen LogP contribution in [0.25, 0.3) is 0 Å². The smallest absolute Gasteiger partial charge is 0.274 e. The average molecular weight is 597 g/mol. The quantitative estimate of drug-likeness (QED) is 0.282. The van der Waals surface area contributed by atoms with Gasteiger partial charge in [0.1, 0.15) is 6.54 Å². The number of Topliss-reactive ketones (excluding diaryl/α,β-unsaturated/α-hetero) is 1. The van der Waals surface area contributed by atoms with E-state index in [1.807, 2.05) is 6.92 Å². The predicted molar refractivity (Wildman–Crippen MR) is 131 cm³/mol. The number of alkyl halides is 2. The molecule has 0 spiro atoms. The highest BCUT2D eigenvalue weighted by atomic mass is 79.9. The van der Waals surface area contributed by atoms with E-state index >= 15 is 0 Å². The van der Waals surface area contributed by atoms with Crippen LogP contribution in [0.4, 0.5) is 0 Å². The van der Waals surface area contributed by atoms with Crippen molar-refractivity contribution < 1.29 is 19.2 Å². The van der Waals surface area contributed by atoms with Crippen molar-refractivity contribution in [1.29, 1.82) is 0 Å². The van der Waals surface area contributed by atoms with E-state index in [2.05, 4.69) is 31.9 Å². The predicted octanol–water partition coefficient (Wildman–Crippen LogP) is 4.81. The molecule has 0 bridgehead atoms. The number of carbonyl (C=O) groups excluding carboxylic acids is 4. The van der Waals surface area contributed by atoms with Crippen LogP contribution in [0.3, 0.4) is 0 Å². The third kappa shape index (κ3) is 4.66. The summed E-state index contributed by atoms with van der Waals surface area (Å²) in [5.74, 6) is -3.09. The summed E-state index contributed by atoms with van der Waals surface area (Å²) in [5.41, 5.74) is 1.48. The van der Waals surface area contributed by atoms with E-state index in [0.717, 1.165) is 15.6 Å². The van der Waals surface area contributed by atoms with Gasteiger partial charge in [-0.05, 0) is 31.9 Å². The second-order valence-corrected chi connectivity index (χ2v) is 11.1. The van der Waals surface area contributed by atoms with Gasteiger partial charge in [0, 0.05) is 15.2 Å². The number of halogens is 3. The second-order valence-electron chi connectivity index (χ2n) is 8.34. The largest absolute Gasteiger partial charge is 0.292 e. The van der Waals surface area contributed by atoms with Crippen LogP contribution in [0.2, 0.25) is 5.02 Å². The lowest BCUT2D eigenvalue weighted by Crippen LogP contribution is -2.52. The van der Waals surface area contributed by atoms with E-state index in [0.29, 0.717) is 18.4 Å². The number of imide groups is 1. The molecule has 172 valence electrons. The molecule has 2 fully saturated rings. The van der Waals surface area contributed by atoms with Crippen molar-refractivity contribution in [2.75, 3.05) is 6.54 Å². The molecule has 2 aliphatic rings. The van der Waals surface area contributed by atoms with Gasteiger partial charge in [-0.1, -0.05) is 85.4 Å². The summed E-state index contributed by atoms with van der Waals surface area (Å²) in [5, 5.41) is 2.00. The van der Waals surface area contributed by atoms with Gasteiger partial charge >= 0.3 is 0 Å². The van der Waals surface area contributed by atoms with Crippen LogP contribution >= 0.6 is 43.5 Å². The van der Waals surface area contributed by atoms with Crippen LogP contribution in [0.1, 0.15) is 39.1 Å². The summed E-state index contributed by atoms with van der Waals surface area (Å²) >= 11 is 13.4. The molecule has 6 nitrogen and oxygen atoms in total. The molecule has 4 rings (SSSR count). The Kier molecular flexibility index (Phi) is 7.07. The first-order chi connectivity index (χ1) is 15.7. The fourth-order valence-electron chi connectivity index (χ4n) is 4.29. The lowest BCUT2D eigenvalue weighted by molar-refractivity contribution is -0.154. The molecule has 1 saturated heterocycles. The van der Waals surface area contributed by atoms with Crippen molar-refractivity contribution in [2.45, 2.75) is 29.4 Å². The van der Waals surface area contributed by atoms with Crippen LogP contribution in [0.5, 0.6) is 0 Å². The standard InChI is InChI=1S/C24H21Br2ClN2O4/c1-13-6-8-14(9-7-13)21(30)12-28(22(31)15-4-2-3-5-20(15)27)29-23(32)16-10-18(25)19(26)11-17(16)24(29)33/h2-9,16-19H,10-12H2,1H3/t16-,17+,18+,19-. The lowest BCUT2D eigenvalue weighted by atomic mass is 9.81. The van der Waals surface area contributed by atoms with Crippen LogP contribution in [-0.4, -0.2) is 49.7 Å². The highest BCUT2D eigenvalue weighted by Crippen LogP contribution is 2.43. The molecule has 0 N–H and O–H groups in total. The SMILES string of the molecule is Cc1ccc(C(=O)CN(C(=O)c2ccccc2Cl)N2C(=O)[C@H]3C[C@@H](Br)[C@@H](Br)C[C@H]3C2=O)cc1. The van der Waals surface area contributed by atoms with E-state index in [4.69, 9.17) is 11.6 Å². The Morgan fingerprint density at radius 1 is 0.970 bits per heavy atom. The van der Waals surface area contributed by atoms with E-state index in [1.54, 1.807) is 42.5 Å². The molecule has 9 heteroatoms. The molecule has 1 aliphatic heterocycles. The number of hydrazine groups is 1. The summed E-state index contributed by atoms with van der Waals surface area (Å²) in [4.78, 5) is 53.4. The van der Waals surface area contributed by atoms with Crippen molar-refractivity contribution in [2.24, 2.45) is 11.8 Å². The average Bonchev–Trinajstić information content (AvgIpc) is 3.02. The first-order valence-electron chi connectivity index (χ1n) is 10.5. The van der Waals surface area contributed by atoms with Gasteiger partial charge in [0.25, 0.3) is 17.7 Å². The molecule has 4 atom stereocenters. The molecule has 0 aromatic heterocycles. The number of aryl methyl sites for hydroxylation is 1. The first kappa shape index (κ1) is 24.1. The molecule has 33 heavy (non-hydrogen) atoms. The minimum atomic E-state index is -0.674. The molecule has 0 radical (unpaired) electrons. The highest BCUT2D eigenvalue weighted by molar-refractivity contribution is 9.12. The van der Waals surface area contributed by atoms with Gasteiger partial charge < -0.3 is 0 Å². The fraction of sp³-hybridized carbons (Fsp3) is 0.333. The van der Waals surface area contributed by atoms with Crippen LogP contribution < -0.4 is 0 Å². The van der Waals surface area contributed by atoms with Gasteiger partial charge in [-0.25, -0.2) is 5.01 Å². The Hall–Kier alpha value is -2.03. The molecular weight excluding hydrogens is 576 g/mol. The van der Waals surface area contributed by atoms with Gasteiger partial charge in [0.05, 0.1) is 22.4 Å². The number of rotatable bonds is 5. The van der Waals surface area contributed by atoms with Gasteiger partial charge in [-0.15, -0.1) is 0 Å². The Bertz CT molecular complexity index is 1100. The van der Waals surface area contributed by atoms with E-state index in [1.165, 1.54) is 6.07 Å². The number of fused-ring (bicyclic) bond motifs is 1. The zero-order valence-electron chi connectivity index (χ0n) is 17.7. The van der Waals surface area contributed by atoms with Gasteiger partial charge in [-0.2, -0.15) is 5.01 Å². The summed E-state index contributed by atoms with van der Waals surface area (Å²) < 4.78 is 0. The van der Waals surface area contributed by atoms with Crippen molar-refractivity contribution in [3.8, 4) is 0 Å². The number of hydrogen-bond acceptors (Lipinski definition) is 4. The minimum absolute atomic E-state index is 0.0253. The number of carbonyl (C=O) groups is 4. The molecule has 1 saturated carbocycles. The molecule has 2 aromatic rings. The third-order valence-corrected chi connectivity index (χ3v) is 9.20. The maximum atomic E-state index is 13.5. The topological polar surface area (TPSA) is 74.8 Å². The fourth-order valence-corrected chi connectivity index (χ4v) is 5.74. The number of ketones is 1. The summed E-state index contributed by atoms with van der Waals surface area (Å²) in [6.07, 6.45) is 0.920. The molecular formula is C24H21Br2ClN2O4. The van der Waals surface area contributed by atoms with E-state index in [-0.39, 0.29) is 26.0 Å². The van der Waals surface area contributed by atoms with Gasteiger partial charge in [0.15, 0.2) is 5.78 Å². The zero-order chi connectivity index (χ0) is 23.9. The highest BCUT2D eigenvalue weighted by Gasteiger charge is 2.54. The zero-order valence-corrected chi connectivity index (χ0v) is 21.6. The summed E-state index contributed by atoms with van der Waals surface area (Å²) in [6.45, 7) is 1.44. The van der Waals surface area contributed by atoms with Crippen molar-refractivity contribution in [1.82, 2.24) is 10.0 Å². The van der Waals surface area contributed by atoms with E-state index in [9.17, 15) is 19.2 Å². The Labute approximate surface area is 213 Å². The Balaban J connectivity index is 1.71. The summed E-state index contributed by atoms with van der Waals surface area (Å²) in [6, 6.07) is 13.3. The van der Waals surface area contributed by atoms with Crippen molar-refractivity contribution >= 4 is 67.0 Å². The van der Waals surface area contributed by atoms with Crippen LogP contribution in [0, 0.1) is 18.8 Å². The third-order valence-electron chi connectivity index (χ3n) is 6.14. The minimum Gasteiger partial charge on any atom is -0.292 e. The maximum absolute atomic E-state index is 13.5. The molecule has 1 aliphatic carbocycles. The number of benzene rings is 2. The molecule has 2 aromatic carbocycles. The summed E-state index contributed by atoms with van der Waals surface area (Å²) in [7, 11) is 0. The van der Waals surface area contributed by atoms with Crippen molar-refractivity contribution in [3.05, 3.63) is 70.2 Å².